The third-order valence-corrected chi connectivity index (χ3v) is 6.90. The number of carbonyl (C=O) groups is 2. The Hall–Kier alpha value is -3.11. The van der Waals surface area contributed by atoms with Crippen molar-refractivity contribution in [3.63, 3.8) is 0 Å². The maximum atomic E-state index is 14.5. The van der Waals surface area contributed by atoms with Crippen LogP contribution in [0, 0.1) is 11.7 Å². The predicted octanol–water partition coefficient (Wildman–Crippen LogP) is 2.12. The summed E-state index contributed by atoms with van der Waals surface area (Å²) in [4.78, 5) is 39.9. The number of aromatic nitrogens is 1. The van der Waals surface area contributed by atoms with E-state index in [1.807, 2.05) is 0 Å². The number of halogens is 2. The first-order valence-electron chi connectivity index (χ1n) is 10.7. The molecule has 1 aliphatic carbocycles. The van der Waals surface area contributed by atoms with Crippen LogP contribution in [0.1, 0.15) is 39.3 Å². The minimum atomic E-state index is -0.969. The fourth-order valence-corrected chi connectivity index (χ4v) is 5.20. The van der Waals surface area contributed by atoms with Crippen LogP contribution in [0.3, 0.4) is 0 Å². The summed E-state index contributed by atoms with van der Waals surface area (Å²) in [6, 6.07) is 2.87. The summed E-state index contributed by atoms with van der Waals surface area (Å²) in [7, 11) is 4.57. The van der Waals surface area contributed by atoms with Gasteiger partial charge < -0.3 is 29.4 Å². The summed E-state index contributed by atoms with van der Waals surface area (Å²) < 4.78 is 26.2. The molecule has 4 rings (SSSR count). The first kappa shape index (κ1) is 24.0. The van der Waals surface area contributed by atoms with Gasteiger partial charge in [0, 0.05) is 45.6 Å². The highest BCUT2D eigenvalue weighted by Crippen LogP contribution is 2.48. The highest BCUT2D eigenvalue weighted by Gasteiger charge is 2.51. The molecular formula is C23H25ClFN3O6. The maximum absolute atomic E-state index is 14.5. The van der Waals surface area contributed by atoms with Crippen molar-refractivity contribution < 1.29 is 28.6 Å². The summed E-state index contributed by atoms with van der Waals surface area (Å²) in [5.74, 6) is -2.44. The second kappa shape index (κ2) is 8.92. The molecule has 0 radical (unpaired) electrons. The molecule has 0 bridgehead atoms. The van der Waals surface area contributed by atoms with Crippen molar-refractivity contribution >= 4 is 23.4 Å². The van der Waals surface area contributed by atoms with Gasteiger partial charge in [0.15, 0.2) is 17.3 Å². The monoisotopic (exact) mass is 493 g/mol. The zero-order valence-corrected chi connectivity index (χ0v) is 19.7. The Balaban J connectivity index is 1.66. The number of likely N-dealkylation sites (N-methyl/N-ethyl adjacent to an activating group) is 1. The van der Waals surface area contributed by atoms with Gasteiger partial charge in [-0.25, -0.2) is 4.39 Å². The lowest BCUT2D eigenvalue weighted by Gasteiger charge is -2.54. The molecule has 182 valence electrons. The van der Waals surface area contributed by atoms with Crippen LogP contribution in [-0.2, 0) is 16.8 Å². The Morgan fingerprint density at radius 2 is 2.03 bits per heavy atom. The normalized spacial score (nSPS) is 21.3. The number of pyridine rings is 1. The average Bonchev–Trinajstić information content (AvgIpc) is 2.78. The van der Waals surface area contributed by atoms with Gasteiger partial charge in [-0.15, -0.1) is 0 Å². The van der Waals surface area contributed by atoms with E-state index in [0.717, 1.165) is 0 Å². The molecule has 2 aromatic rings. The van der Waals surface area contributed by atoms with Crippen LogP contribution in [0.4, 0.5) is 4.39 Å². The van der Waals surface area contributed by atoms with Crippen LogP contribution in [0.15, 0.2) is 23.1 Å². The van der Waals surface area contributed by atoms with Crippen molar-refractivity contribution in [3.05, 3.63) is 56.2 Å². The van der Waals surface area contributed by atoms with Crippen LogP contribution in [0.25, 0.3) is 0 Å². The molecule has 2 heterocycles. The number of carbonyl (C=O) groups excluding carboxylic acids is 2. The lowest BCUT2D eigenvalue weighted by atomic mass is 9.67. The third-order valence-electron chi connectivity index (χ3n) is 6.55. The summed E-state index contributed by atoms with van der Waals surface area (Å²) in [6.45, 7) is 0.668. The molecule has 0 unspecified atom stereocenters. The van der Waals surface area contributed by atoms with E-state index in [4.69, 9.17) is 21.1 Å². The second-order valence-corrected chi connectivity index (χ2v) is 9.17. The number of nitrogens with one attached hydrogen (secondary N) is 1. The fourth-order valence-electron chi connectivity index (χ4n) is 4.94. The van der Waals surface area contributed by atoms with Gasteiger partial charge in [-0.05, 0) is 24.8 Å². The van der Waals surface area contributed by atoms with E-state index in [1.165, 1.54) is 30.3 Å². The van der Waals surface area contributed by atoms with Crippen molar-refractivity contribution in [2.45, 2.75) is 24.9 Å². The minimum Gasteiger partial charge on any atom is -0.503 e. The number of benzene rings is 1. The number of amides is 2. The molecular weight excluding hydrogens is 469 g/mol. The van der Waals surface area contributed by atoms with E-state index >= 15 is 0 Å². The summed E-state index contributed by atoms with van der Waals surface area (Å²) >= 11 is 5.93. The zero-order valence-electron chi connectivity index (χ0n) is 19.0. The predicted molar refractivity (Wildman–Crippen MR) is 121 cm³/mol. The molecule has 1 spiro atoms. The van der Waals surface area contributed by atoms with Crippen molar-refractivity contribution in [2.75, 3.05) is 34.4 Å². The first-order chi connectivity index (χ1) is 16.1. The Bertz CT molecular complexity index is 1220. The lowest BCUT2D eigenvalue weighted by molar-refractivity contribution is -0.0190. The van der Waals surface area contributed by atoms with Gasteiger partial charge in [-0.1, -0.05) is 17.7 Å². The van der Waals surface area contributed by atoms with E-state index in [0.29, 0.717) is 26.0 Å². The van der Waals surface area contributed by atoms with Crippen LogP contribution in [-0.4, -0.2) is 60.8 Å². The van der Waals surface area contributed by atoms with E-state index in [-0.39, 0.29) is 40.1 Å². The maximum Gasteiger partial charge on any atom is 0.274 e. The van der Waals surface area contributed by atoms with E-state index < -0.39 is 34.3 Å². The van der Waals surface area contributed by atoms with E-state index in [9.17, 15) is 23.9 Å². The number of methoxy groups -OCH3 is 2. The molecule has 2 amide bonds. The second-order valence-electron chi connectivity index (χ2n) is 8.79. The highest BCUT2D eigenvalue weighted by molar-refractivity contribution is 6.32. The number of rotatable bonds is 6. The molecule has 11 heteroatoms. The third kappa shape index (κ3) is 3.80. The van der Waals surface area contributed by atoms with Crippen molar-refractivity contribution in [2.24, 2.45) is 5.92 Å². The molecule has 2 N–H and O–H groups in total. The van der Waals surface area contributed by atoms with Crippen molar-refractivity contribution in [1.82, 2.24) is 14.8 Å². The van der Waals surface area contributed by atoms with Crippen LogP contribution in [0.2, 0.25) is 5.02 Å². The van der Waals surface area contributed by atoms with Gasteiger partial charge in [0.05, 0.1) is 12.6 Å². The molecule has 9 nitrogen and oxygen atoms in total. The number of nitrogens with zero attached hydrogens (tertiary/aromatic N) is 2. The molecule has 0 saturated heterocycles. The van der Waals surface area contributed by atoms with Gasteiger partial charge in [0.2, 0.25) is 5.43 Å². The summed E-state index contributed by atoms with van der Waals surface area (Å²) in [5.41, 5.74) is -1.91. The topological polar surface area (TPSA) is 110 Å². The number of hydrogen-bond donors (Lipinski definition) is 2. The molecule has 34 heavy (non-hydrogen) atoms. The molecule has 1 fully saturated rings. The Kier molecular flexibility index (Phi) is 6.30. The van der Waals surface area contributed by atoms with Gasteiger partial charge in [0.25, 0.3) is 11.8 Å². The van der Waals surface area contributed by atoms with Crippen molar-refractivity contribution in [3.8, 4) is 11.5 Å². The highest BCUT2D eigenvalue weighted by atomic mass is 35.5. The standard InChI is InChI=1S/C23H25ClFN3O6/c1-27-11-23(6-12(7-23)10-33-2)28-9-14(19(29)20(30)18(28)22(27)32)21(31)26-8-13-4-5-15(34-3)16(24)17(13)25/h4-5,9,12,30H,6-8,10-11H2,1-3H3,(H,26,31). The molecule has 1 saturated carbocycles. The molecule has 1 aliphatic heterocycles. The fraction of sp³-hybridized carbons (Fsp3) is 0.435. The van der Waals surface area contributed by atoms with Crippen LogP contribution >= 0.6 is 11.6 Å². The van der Waals surface area contributed by atoms with Crippen LogP contribution < -0.4 is 15.5 Å². The van der Waals surface area contributed by atoms with Crippen LogP contribution in [0.5, 0.6) is 11.5 Å². The van der Waals surface area contributed by atoms with E-state index in [2.05, 4.69) is 5.32 Å². The first-order valence-corrected chi connectivity index (χ1v) is 11.0. The Morgan fingerprint density at radius 3 is 2.68 bits per heavy atom. The Labute approximate surface area is 200 Å². The van der Waals surface area contributed by atoms with Gasteiger partial charge >= 0.3 is 0 Å². The largest absolute Gasteiger partial charge is 0.503 e. The minimum absolute atomic E-state index is 0.0936. The molecule has 1 aromatic heterocycles. The molecule has 0 atom stereocenters. The number of fused-ring (bicyclic) bond motifs is 2. The smallest absolute Gasteiger partial charge is 0.274 e. The Morgan fingerprint density at radius 1 is 1.32 bits per heavy atom. The number of hydrogen-bond acceptors (Lipinski definition) is 6. The molecule has 2 aliphatic rings. The van der Waals surface area contributed by atoms with E-state index in [1.54, 1.807) is 18.7 Å². The van der Waals surface area contributed by atoms with Gasteiger partial charge in [-0.3, -0.25) is 14.4 Å². The van der Waals surface area contributed by atoms with Gasteiger partial charge in [0.1, 0.15) is 16.3 Å². The lowest BCUT2D eigenvalue weighted by Crippen LogP contribution is -2.60. The zero-order chi connectivity index (χ0) is 24.8. The number of aromatic hydroxyl groups is 1. The quantitative estimate of drug-likeness (QED) is 0.638. The SMILES string of the molecule is COCC1CC2(C1)CN(C)C(=O)c1c(O)c(=O)c(C(=O)NCc3ccc(OC)c(Cl)c3F)cn12. The van der Waals surface area contributed by atoms with Gasteiger partial charge in [-0.2, -0.15) is 0 Å². The summed E-state index contributed by atoms with van der Waals surface area (Å²) in [5, 5.41) is 12.9. The number of ether oxygens (including phenoxy) is 2. The molecule has 1 aromatic carbocycles. The van der Waals surface area contributed by atoms with Crippen molar-refractivity contribution in [1.29, 1.82) is 0 Å². The average molecular weight is 494 g/mol. The summed E-state index contributed by atoms with van der Waals surface area (Å²) in [6.07, 6.45) is 2.63.